The van der Waals surface area contributed by atoms with E-state index in [0.717, 1.165) is 40.7 Å². The maximum Gasteiger partial charge on any atom is 0.251 e. The van der Waals surface area contributed by atoms with E-state index in [4.69, 9.17) is 0 Å². The third kappa shape index (κ3) is 5.47. The van der Waals surface area contributed by atoms with Crippen molar-refractivity contribution in [3.8, 4) is 5.69 Å². The van der Waals surface area contributed by atoms with Crippen molar-refractivity contribution in [2.24, 2.45) is 0 Å². The molecule has 1 aromatic heterocycles. The Bertz CT molecular complexity index is 1550. The van der Waals surface area contributed by atoms with Crippen molar-refractivity contribution in [2.75, 3.05) is 13.6 Å². The molecule has 1 fully saturated rings. The minimum Gasteiger partial charge on any atom is -0.355 e. The zero-order chi connectivity index (χ0) is 28.4. The van der Waals surface area contributed by atoms with Crippen LogP contribution < -0.4 is 10.6 Å². The summed E-state index contributed by atoms with van der Waals surface area (Å²) >= 11 is 0. The van der Waals surface area contributed by atoms with E-state index in [1.807, 2.05) is 39.8 Å². The first-order valence-corrected chi connectivity index (χ1v) is 13.6. The number of aromatic nitrogens is 2. The maximum absolute atomic E-state index is 13.5. The highest BCUT2D eigenvalue weighted by Gasteiger charge is 2.39. The van der Waals surface area contributed by atoms with Gasteiger partial charge in [0.2, 0.25) is 11.8 Å². The molecule has 2 heterocycles. The molecular formula is C32H35N5O3. The Hall–Kier alpha value is -4.46. The van der Waals surface area contributed by atoms with Crippen LogP contribution >= 0.6 is 0 Å². The molecule has 1 aliphatic heterocycles. The van der Waals surface area contributed by atoms with E-state index in [1.165, 1.54) is 5.56 Å². The maximum atomic E-state index is 13.5. The summed E-state index contributed by atoms with van der Waals surface area (Å²) in [5.74, 6) is -0.423. The molecule has 1 aliphatic rings. The van der Waals surface area contributed by atoms with Crippen molar-refractivity contribution < 1.29 is 14.4 Å². The molecule has 0 bridgehead atoms. The first-order chi connectivity index (χ1) is 19.2. The van der Waals surface area contributed by atoms with Gasteiger partial charge in [-0.15, -0.1) is 0 Å². The molecule has 1 saturated heterocycles. The number of fused-ring (bicyclic) bond motifs is 1. The summed E-state index contributed by atoms with van der Waals surface area (Å²) in [5.41, 5.74) is 5.20. The van der Waals surface area contributed by atoms with Gasteiger partial charge in [0.25, 0.3) is 5.91 Å². The normalized spacial score (nSPS) is 15.3. The van der Waals surface area contributed by atoms with Gasteiger partial charge in [-0.05, 0) is 75.1 Å². The quantitative estimate of drug-likeness (QED) is 0.363. The number of rotatable bonds is 7. The number of hydrogen-bond donors (Lipinski definition) is 2. The number of likely N-dealkylation sites (tertiary alicyclic amines) is 1. The van der Waals surface area contributed by atoms with Crippen LogP contribution in [0.3, 0.4) is 0 Å². The van der Waals surface area contributed by atoms with Crippen LogP contribution in [-0.2, 0) is 16.0 Å². The fraction of sp³-hybridized carbons (Fsp3) is 0.312. The molecule has 0 radical (unpaired) electrons. The van der Waals surface area contributed by atoms with Gasteiger partial charge < -0.3 is 15.5 Å². The van der Waals surface area contributed by atoms with Crippen LogP contribution in [0, 0.1) is 6.92 Å². The van der Waals surface area contributed by atoms with Crippen molar-refractivity contribution in [3.63, 3.8) is 0 Å². The fourth-order valence-electron chi connectivity index (χ4n) is 5.41. The molecule has 8 heteroatoms. The van der Waals surface area contributed by atoms with E-state index in [0.29, 0.717) is 12.1 Å². The molecule has 40 heavy (non-hydrogen) atoms. The molecule has 4 aromatic rings. The van der Waals surface area contributed by atoms with Crippen LogP contribution in [0.25, 0.3) is 16.7 Å². The van der Waals surface area contributed by atoms with E-state index in [1.54, 1.807) is 39.4 Å². The molecule has 2 N–H and O–H groups in total. The summed E-state index contributed by atoms with van der Waals surface area (Å²) in [4.78, 5) is 44.8. The fourth-order valence-corrected chi connectivity index (χ4v) is 5.41. The second-order valence-corrected chi connectivity index (χ2v) is 11.0. The van der Waals surface area contributed by atoms with E-state index < -0.39 is 5.54 Å². The third-order valence-electron chi connectivity index (χ3n) is 7.58. The lowest BCUT2D eigenvalue weighted by molar-refractivity contribution is -0.141. The lowest BCUT2D eigenvalue weighted by atomic mass is 9.99. The standard InChI is InChI=1S/C32H35N5O3/c1-21-7-11-23(12-8-21)27-6-5-17-36(27)31(40)32(2,3)35-29(38)18-22-9-14-25(15-10-22)37-20-34-26-19-24(30(39)33-4)13-16-28(26)37/h7-16,19-20,27H,5-6,17-18H2,1-4H3,(H,33,39)(H,35,38). The number of amides is 3. The summed E-state index contributed by atoms with van der Waals surface area (Å²) in [6, 6.07) is 21.5. The molecule has 1 unspecified atom stereocenters. The molecule has 0 aliphatic carbocycles. The summed E-state index contributed by atoms with van der Waals surface area (Å²) < 4.78 is 1.94. The average Bonchev–Trinajstić information content (AvgIpc) is 3.60. The second kappa shape index (κ2) is 11.0. The minimum atomic E-state index is -1.02. The summed E-state index contributed by atoms with van der Waals surface area (Å²) in [5, 5.41) is 5.59. The molecule has 206 valence electrons. The molecule has 3 amide bonds. The van der Waals surface area contributed by atoms with Gasteiger partial charge in [-0.3, -0.25) is 19.0 Å². The predicted octanol–water partition coefficient (Wildman–Crippen LogP) is 4.49. The van der Waals surface area contributed by atoms with Gasteiger partial charge in [-0.1, -0.05) is 42.0 Å². The van der Waals surface area contributed by atoms with E-state index in [9.17, 15) is 14.4 Å². The first kappa shape index (κ1) is 27.1. The third-order valence-corrected chi connectivity index (χ3v) is 7.58. The molecular weight excluding hydrogens is 502 g/mol. The smallest absolute Gasteiger partial charge is 0.251 e. The Labute approximate surface area is 234 Å². The lowest BCUT2D eigenvalue weighted by Crippen LogP contribution is -2.56. The highest BCUT2D eigenvalue weighted by molar-refractivity contribution is 5.97. The number of imidazole rings is 1. The van der Waals surface area contributed by atoms with Crippen LogP contribution in [0.5, 0.6) is 0 Å². The van der Waals surface area contributed by atoms with Gasteiger partial charge >= 0.3 is 0 Å². The largest absolute Gasteiger partial charge is 0.355 e. The van der Waals surface area contributed by atoms with Gasteiger partial charge in [-0.2, -0.15) is 0 Å². The van der Waals surface area contributed by atoms with Crippen molar-refractivity contribution >= 4 is 28.8 Å². The Kier molecular flexibility index (Phi) is 7.43. The Morgan fingerprint density at radius 3 is 2.42 bits per heavy atom. The predicted molar refractivity (Wildman–Crippen MR) is 155 cm³/mol. The molecule has 0 saturated carbocycles. The zero-order valence-corrected chi connectivity index (χ0v) is 23.4. The number of nitrogens with zero attached hydrogens (tertiary/aromatic N) is 3. The highest BCUT2D eigenvalue weighted by Crippen LogP contribution is 2.33. The number of nitrogens with one attached hydrogen (secondary N) is 2. The van der Waals surface area contributed by atoms with Crippen molar-refractivity contribution in [2.45, 2.75) is 51.6 Å². The Balaban J connectivity index is 1.24. The van der Waals surface area contributed by atoms with Gasteiger partial charge in [0.05, 0.1) is 23.5 Å². The van der Waals surface area contributed by atoms with Gasteiger partial charge in [0, 0.05) is 24.8 Å². The Morgan fingerprint density at radius 1 is 1.00 bits per heavy atom. The minimum absolute atomic E-state index is 0.0338. The summed E-state index contributed by atoms with van der Waals surface area (Å²) in [7, 11) is 1.60. The molecule has 5 rings (SSSR count). The zero-order valence-electron chi connectivity index (χ0n) is 23.4. The average molecular weight is 538 g/mol. The number of aryl methyl sites for hydroxylation is 1. The lowest BCUT2D eigenvalue weighted by Gasteiger charge is -2.34. The molecule has 1 atom stereocenters. The van der Waals surface area contributed by atoms with Gasteiger partial charge in [-0.25, -0.2) is 4.98 Å². The topological polar surface area (TPSA) is 96.3 Å². The van der Waals surface area contributed by atoms with Crippen LogP contribution in [0.1, 0.15) is 59.8 Å². The summed E-state index contributed by atoms with van der Waals surface area (Å²) in [6.45, 7) is 6.30. The van der Waals surface area contributed by atoms with E-state index in [2.05, 4.69) is 46.8 Å². The monoisotopic (exact) mass is 537 g/mol. The van der Waals surface area contributed by atoms with E-state index in [-0.39, 0.29) is 30.2 Å². The highest BCUT2D eigenvalue weighted by atomic mass is 16.2. The number of hydrogen-bond acceptors (Lipinski definition) is 4. The molecule has 0 spiro atoms. The van der Waals surface area contributed by atoms with Crippen molar-refractivity contribution in [3.05, 3.63) is 95.3 Å². The Morgan fingerprint density at radius 2 is 1.73 bits per heavy atom. The molecule has 3 aromatic carbocycles. The SMILES string of the molecule is CNC(=O)c1ccc2c(c1)ncn2-c1ccc(CC(=O)NC(C)(C)C(=O)N2CCCC2c2ccc(C)cc2)cc1. The molecule has 8 nitrogen and oxygen atoms in total. The summed E-state index contributed by atoms with van der Waals surface area (Å²) in [6.07, 6.45) is 3.75. The van der Waals surface area contributed by atoms with E-state index >= 15 is 0 Å². The number of carbonyl (C=O) groups is 3. The first-order valence-electron chi connectivity index (χ1n) is 13.6. The second-order valence-electron chi connectivity index (χ2n) is 11.0. The van der Waals surface area contributed by atoms with Crippen LogP contribution in [0.4, 0.5) is 0 Å². The number of benzene rings is 3. The van der Waals surface area contributed by atoms with Crippen LogP contribution in [0.15, 0.2) is 73.1 Å². The van der Waals surface area contributed by atoms with Crippen LogP contribution in [0.2, 0.25) is 0 Å². The van der Waals surface area contributed by atoms with Crippen LogP contribution in [-0.4, -0.2) is 51.3 Å². The van der Waals surface area contributed by atoms with Crippen molar-refractivity contribution in [1.82, 2.24) is 25.1 Å². The van der Waals surface area contributed by atoms with Gasteiger partial charge in [0.1, 0.15) is 11.9 Å². The van der Waals surface area contributed by atoms with Gasteiger partial charge in [0.15, 0.2) is 0 Å². The number of carbonyl (C=O) groups excluding carboxylic acids is 3. The van der Waals surface area contributed by atoms with Crippen molar-refractivity contribution in [1.29, 1.82) is 0 Å².